The molecule has 2 aromatic rings. The first-order valence-electron chi connectivity index (χ1n) is 4.22. The fourth-order valence-corrected chi connectivity index (χ4v) is 1.08. The molecule has 0 aliphatic carbocycles. The molecule has 0 bridgehead atoms. The molecule has 6 heteroatoms. The first kappa shape index (κ1) is 9.20. The van der Waals surface area contributed by atoms with Crippen molar-refractivity contribution in [3.63, 3.8) is 0 Å². The van der Waals surface area contributed by atoms with Gasteiger partial charge < -0.3 is 10.4 Å². The number of anilines is 1. The average molecular weight is 204 g/mol. The molecule has 2 rings (SSSR count). The van der Waals surface area contributed by atoms with E-state index in [1.165, 1.54) is 12.4 Å². The van der Waals surface area contributed by atoms with Crippen LogP contribution in [0.25, 0.3) is 0 Å². The Morgan fingerprint density at radius 3 is 2.87 bits per heavy atom. The van der Waals surface area contributed by atoms with Gasteiger partial charge in [0, 0.05) is 0 Å². The largest absolute Gasteiger partial charge is 0.506 e. The monoisotopic (exact) mass is 204 g/mol. The molecule has 15 heavy (non-hydrogen) atoms. The second-order valence-corrected chi connectivity index (χ2v) is 2.81. The summed E-state index contributed by atoms with van der Waals surface area (Å²) in [5, 5.41) is 17.9. The Hall–Kier alpha value is -2.37. The molecule has 0 aliphatic rings. The number of aromatic hydroxyl groups is 1. The van der Waals surface area contributed by atoms with E-state index in [4.69, 9.17) is 0 Å². The number of para-hydroxylation sites is 2. The van der Waals surface area contributed by atoms with E-state index < -0.39 is 5.91 Å². The third kappa shape index (κ3) is 1.93. The smallest absolute Gasteiger partial charge is 0.293 e. The second kappa shape index (κ2) is 3.79. The van der Waals surface area contributed by atoms with Crippen molar-refractivity contribution in [3.05, 3.63) is 36.4 Å². The van der Waals surface area contributed by atoms with Gasteiger partial charge in [0.15, 0.2) is 0 Å². The molecule has 1 aromatic heterocycles. The van der Waals surface area contributed by atoms with Crippen molar-refractivity contribution in [2.45, 2.75) is 0 Å². The molecule has 0 spiro atoms. The van der Waals surface area contributed by atoms with E-state index in [2.05, 4.69) is 20.5 Å². The Labute approximate surface area is 85.0 Å². The van der Waals surface area contributed by atoms with Crippen molar-refractivity contribution in [1.29, 1.82) is 0 Å². The number of aromatic amines is 1. The van der Waals surface area contributed by atoms with Crippen LogP contribution in [0.2, 0.25) is 0 Å². The van der Waals surface area contributed by atoms with Gasteiger partial charge in [-0.1, -0.05) is 12.1 Å². The van der Waals surface area contributed by atoms with Gasteiger partial charge in [0.1, 0.15) is 12.1 Å². The Morgan fingerprint density at radius 2 is 2.20 bits per heavy atom. The number of aromatic nitrogens is 3. The summed E-state index contributed by atoms with van der Waals surface area (Å²) in [5.74, 6) is -0.349. The van der Waals surface area contributed by atoms with Crippen LogP contribution in [0.5, 0.6) is 5.75 Å². The predicted molar refractivity (Wildman–Crippen MR) is 52.4 cm³/mol. The molecular weight excluding hydrogens is 196 g/mol. The van der Waals surface area contributed by atoms with Crippen LogP contribution in [0, 0.1) is 0 Å². The van der Waals surface area contributed by atoms with Gasteiger partial charge >= 0.3 is 0 Å². The SMILES string of the molecule is O=C(Nc1ccccc1O)c1ncn[nH]1. The topological polar surface area (TPSA) is 90.9 Å². The van der Waals surface area contributed by atoms with Gasteiger partial charge in [0.05, 0.1) is 5.69 Å². The molecule has 1 heterocycles. The predicted octanol–water partition coefficient (Wildman–Crippen LogP) is 0.763. The van der Waals surface area contributed by atoms with Crippen LogP contribution >= 0.6 is 0 Å². The van der Waals surface area contributed by atoms with Crippen LogP contribution in [0.3, 0.4) is 0 Å². The van der Waals surface area contributed by atoms with E-state index in [9.17, 15) is 9.90 Å². The highest BCUT2D eigenvalue weighted by Crippen LogP contribution is 2.21. The molecule has 1 amide bonds. The van der Waals surface area contributed by atoms with Gasteiger partial charge in [0.25, 0.3) is 5.91 Å². The summed E-state index contributed by atoms with van der Waals surface area (Å²) in [6.45, 7) is 0. The number of amides is 1. The number of nitrogens with one attached hydrogen (secondary N) is 2. The maximum atomic E-state index is 11.5. The highest BCUT2D eigenvalue weighted by molar-refractivity contribution is 6.02. The van der Waals surface area contributed by atoms with E-state index >= 15 is 0 Å². The number of carbonyl (C=O) groups is 1. The number of hydrogen-bond donors (Lipinski definition) is 3. The van der Waals surface area contributed by atoms with E-state index in [0.29, 0.717) is 5.69 Å². The molecule has 0 saturated carbocycles. The lowest BCUT2D eigenvalue weighted by molar-refractivity contribution is 0.101. The van der Waals surface area contributed by atoms with E-state index in [1.807, 2.05) is 0 Å². The van der Waals surface area contributed by atoms with Gasteiger partial charge in [0.2, 0.25) is 5.82 Å². The van der Waals surface area contributed by atoms with Crippen molar-refractivity contribution in [2.24, 2.45) is 0 Å². The number of rotatable bonds is 2. The maximum Gasteiger partial charge on any atom is 0.293 e. The molecule has 0 unspecified atom stereocenters. The summed E-state index contributed by atoms with van der Waals surface area (Å²) in [5.41, 5.74) is 0.332. The van der Waals surface area contributed by atoms with Gasteiger partial charge in [-0.05, 0) is 12.1 Å². The maximum absolute atomic E-state index is 11.5. The summed E-state index contributed by atoms with van der Waals surface area (Å²) < 4.78 is 0. The molecule has 0 aliphatic heterocycles. The van der Waals surface area contributed by atoms with Crippen LogP contribution in [-0.4, -0.2) is 26.2 Å². The first-order valence-corrected chi connectivity index (χ1v) is 4.22. The second-order valence-electron chi connectivity index (χ2n) is 2.81. The average Bonchev–Trinajstić information content (AvgIpc) is 2.74. The lowest BCUT2D eigenvalue weighted by Crippen LogP contribution is -2.13. The minimum atomic E-state index is -0.450. The number of phenols is 1. The normalized spacial score (nSPS) is 9.87. The molecule has 0 radical (unpaired) electrons. The number of benzene rings is 1. The summed E-state index contributed by atoms with van der Waals surface area (Å²) in [6, 6.07) is 6.44. The Balaban J connectivity index is 2.17. The number of phenolic OH excluding ortho intramolecular Hbond substituents is 1. The molecule has 0 atom stereocenters. The quantitative estimate of drug-likeness (QED) is 0.630. The fourth-order valence-electron chi connectivity index (χ4n) is 1.08. The van der Waals surface area contributed by atoms with Crippen LogP contribution < -0.4 is 5.32 Å². The standard InChI is InChI=1S/C9H8N4O2/c14-7-4-2-1-3-6(7)12-9(15)8-10-5-11-13-8/h1-5,14H,(H,12,15)(H,10,11,13). The van der Waals surface area contributed by atoms with Crippen molar-refractivity contribution >= 4 is 11.6 Å². The number of nitrogens with zero attached hydrogens (tertiary/aromatic N) is 2. The summed E-state index contributed by atoms with van der Waals surface area (Å²) in [7, 11) is 0. The summed E-state index contributed by atoms with van der Waals surface area (Å²) in [6.07, 6.45) is 1.24. The Bertz CT molecular complexity index is 467. The van der Waals surface area contributed by atoms with Gasteiger partial charge in [-0.3, -0.25) is 9.89 Å². The van der Waals surface area contributed by atoms with Crippen LogP contribution in [-0.2, 0) is 0 Å². The minimum Gasteiger partial charge on any atom is -0.506 e. The summed E-state index contributed by atoms with van der Waals surface area (Å²) in [4.78, 5) is 15.2. The zero-order valence-electron chi connectivity index (χ0n) is 7.64. The highest BCUT2D eigenvalue weighted by atomic mass is 16.3. The molecule has 0 fully saturated rings. The first-order chi connectivity index (χ1) is 7.27. The molecule has 1 aromatic carbocycles. The van der Waals surface area contributed by atoms with Crippen LogP contribution in [0.15, 0.2) is 30.6 Å². The number of carbonyl (C=O) groups excluding carboxylic acids is 1. The molecule has 0 saturated heterocycles. The van der Waals surface area contributed by atoms with Crippen molar-refractivity contribution < 1.29 is 9.90 Å². The lowest BCUT2D eigenvalue weighted by atomic mass is 10.3. The highest BCUT2D eigenvalue weighted by Gasteiger charge is 2.10. The number of H-pyrrole nitrogens is 1. The van der Waals surface area contributed by atoms with Gasteiger partial charge in [-0.25, -0.2) is 4.98 Å². The van der Waals surface area contributed by atoms with E-state index in [1.54, 1.807) is 18.2 Å². The van der Waals surface area contributed by atoms with E-state index in [-0.39, 0.29) is 11.6 Å². The molecule has 6 nitrogen and oxygen atoms in total. The van der Waals surface area contributed by atoms with Crippen LogP contribution in [0.4, 0.5) is 5.69 Å². The zero-order valence-corrected chi connectivity index (χ0v) is 7.64. The van der Waals surface area contributed by atoms with Crippen LogP contribution in [0.1, 0.15) is 10.6 Å². The molecule has 3 N–H and O–H groups in total. The van der Waals surface area contributed by atoms with Gasteiger partial charge in [-0.15, -0.1) is 0 Å². The Kier molecular flexibility index (Phi) is 2.32. The Morgan fingerprint density at radius 1 is 1.40 bits per heavy atom. The minimum absolute atomic E-state index is 0.00497. The fraction of sp³-hybridized carbons (Fsp3) is 0. The third-order valence-electron chi connectivity index (χ3n) is 1.78. The van der Waals surface area contributed by atoms with Gasteiger partial charge in [-0.2, -0.15) is 5.10 Å². The lowest BCUT2D eigenvalue weighted by Gasteiger charge is -2.04. The molecular formula is C9H8N4O2. The summed E-state index contributed by atoms with van der Waals surface area (Å²) >= 11 is 0. The number of hydrogen-bond acceptors (Lipinski definition) is 4. The molecule has 76 valence electrons. The zero-order chi connectivity index (χ0) is 10.7. The third-order valence-corrected chi connectivity index (χ3v) is 1.78. The van der Waals surface area contributed by atoms with Crippen molar-refractivity contribution in [1.82, 2.24) is 15.2 Å². The van der Waals surface area contributed by atoms with E-state index in [0.717, 1.165) is 0 Å². The van der Waals surface area contributed by atoms with Crippen molar-refractivity contribution in [3.8, 4) is 5.75 Å². The van der Waals surface area contributed by atoms with Crippen molar-refractivity contribution in [2.75, 3.05) is 5.32 Å².